The fraction of sp³-hybridized carbons (Fsp3) is 0. The molecule has 0 unspecified atom stereocenters. The summed E-state index contributed by atoms with van der Waals surface area (Å²) in [6, 6.07) is 4.31. The number of hydrogen-bond acceptors (Lipinski definition) is 3. The van der Waals surface area contributed by atoms with E-state index in [1.54, 1.807) is 6.07 Å². The van der Waals surface area contributed by atoms with Crippen molar-refractivity contribution < 1.29 is 9.18 Å². The monoisotopic (exact) mass is 280 g/mol. The molecule has 2 rings (SSSR count). The summed E-state index contributed by atoms with van der Waals surface area (Å²) in [7, 11) is 0. The van der Waals surface area contributed by atoms with E-state index in [-0.39, 0.29) is 15.8 Å². The van der Waals surface area contributed by atoms with Crippen molar-refractivity contribution in [3.63, 3.8) is 0 Å². The molecule has 0 saturated heterocycles. The van der Waals surface area contributed by atoms with E-state index < -0.39 is 5.82 Å². The Balaban J connectivity index is 2.46. The Morgan fingerprint density at radius 2 is 1.94 bits per heavy atom. The Hall–Kier alpha value is -1.62. The Labute approximate surface area is 99.5 Å². The smallest absolute Gasteiger partial charge is 0.197 e. The van der Waals surface area contributed by atoms with Crippen molar-refractivity contribution in [2.75, 3.05) is 0 Å². The zero-order valence-corrected chi connectivity index (χ0v) is 9.61. The number of carbonyl (C=O) groups excluding carboxylic acids is 1. The molecular weight excluding hydrogens is 275 g/mol. The van der Waals surface area contributed by atoms with E-state index in [9.17, 15) is 9.18 Å². The predicted molar refractivity (Wildman–Crippen MR) is 59.6 cm³/mol. The molecule has 0 fully saturated rings. The van der Waals surface area contributed by atoms with Crippen molar-refractivity contribution in [3.05, 3.63) is 58.3 Å². The highest BCUT2D eigenvalue weighted by atomic mass is 79.9. The highest BCUT2D eigenvalue weighted by molar-refractivity contribution is 9.10. The lowest BCUT2D eigenvalue weighted by atomic mass is 10.1. The average Bonchev–Trinajstić information content (AvgIpc) is 2.33. The summed E-state index contributed by atoms with van der Waals surface area (Å²) in [4.78, 5) is 19.4. The van der Waals surface area contributed by atoms with Gasteiger partial charge in [0.2, 0.25) is 0 Å². The van der Waals surface area contributed by atoms with Crippen molar-refractivity contribution in [1.82, 2.24) is 9.97 Å². The second-order valence-corrected chi connectivity index (χ2v) is 3.85. The minimum absolute atomic E-state index is 0.156. The molecule has 0 radical (unpaired) electrons. The maximum Gasteiger partial charge on any atom is 0.197 e. The molecule has 0 aliphatic heterocycles. The third kappa shape index (κ3) is 1.99. The van der Waals surface area contributed by atoms with Gasteiger partial charge in [0.1, 0.15) is 12.1 Å². The molecule has 16 heavy (non-hydrogen) atoms. The Morgan fingerprint density at radius 3 is 2.62 bits per heavy atom. The molecule has 1 aromatic heterocycles. The first-order valence-electron chi connectivity index (χ1n) is 4.44. The first-order chi connectivity index (χ1) is 7.70. The van der Waals surface area contributed by atoms with Crippen LogP contribution >= 0.6 is 15.9 Å². The molecule has 3 nitrogen and oxygen atoms in total. The number of aromatic nitrogens is 2. The lowest BCUT2D eigenvalue weighted by Gasteiger charge is -2.03. The van der Waals surface area contributed by atoms with E-state index in [1.807, 2.05) is 0 Å². The van der Waals surface area contributed by atoms with Crippen molar-refractivity contribution >= 4 is 21.7 Å². The average molecular weight is 281 g/mol. The standard InChI is InChI=1S/C11H6BrFN2O/c12-10-8(2-1-3-9(10)13)11(16)7-4-14-6-15-5-7/h1-6H. The number of rotatable bonds is 2. The fourth-order valence-corrected chi connectivity index (χ4v) is 1.70. The van der Waals surface area contributed by atoms with E-state index in [4.69, 9.17) is 0 Å². The lowest BCUT2D eigenvalue weighted by molar-refractivity contribution is 0.103. The van der Waals surface area contributed by atoms with Gasteiger partial charge in [0.25, 0.3) is 0 Å². The second kappa shape index (κ2) is 4.49. The van der Waals surface area contributed by atoms with Crippen LogP contribution in [0.15, 0.2) is 41.4 Å². The van der Waals surface area contributed by atoms with Crippen LogP contribution in [0.5, 0.6) is 0 Å². The van der Waals surface area contributed by atoms with Gasteiger partial charge in [-0.3, -0.25) is 4.79 Å². The number of ketones is 1. The first-order valence-corrected chi connectivity index (χ1v) is 5.23. The van der Waals surface area contributed by atoms with Gasteiger partial charge in [-0.1, -0.05) is 6.07 Å². The fourth-order valence-electron chi connectivity index (χ4n) is 1.25. The molecule has 80 valence electrons. The number of benzene rings is 1. The molecule has 1 heterocycles. The minimum atomic E-state index is -0.470. The van der Waals surface area contributed by atoms with E-state index in [2.05, 4.69) is 25.9 Å². The summed E-state index contributed by atoms with van der Waals surface area (Å²) in [5.74, 6) is -0.783. The summed E-state index contributed by atoms with van der Waals surface area (Å²) >= 11 is 3.04. The van der Waals surface area contributed by atoms with Crippen LogP contribution in [0.4, 0.5) is 4.39 Å². The zero-order chi connectivity index (χ0) is 11.5. The second-order valence-electron chi connectivity index (χ2n) is 3.06. The van der Waals surface area contributed by atoms with Crippen molar-refractivity contribution in [3.8, 4) is 0 Å². The Kier molecular flexibility index (Phi) is 3.05. The van der Waals surface area contributed by atoms with Crippen LogP contribution in [-0.2, 0) is 0 Å². The number of carbonyl (C=O) groups is 1. The number of halogens is 2. The van der Waals surface area contributed by atoms with Gasteiger partial charge in [0.05, 0.1) is 10.0 Å². The van der Waals surface area contributed by atoms with Crippen LogP contribution in [0, 0.1) is 5.82 Å². The third-order valence-corrected chi connectivity index (χ3v) is 2.82. The minimum Gasteiger partial charge on any atom is -0.288 e. The predicted octanol–water partition coefficient (Wildman–Crippen LogP) is 2.61. The van der Waals surface area contributed by atoms with Crippen LogP contribution in [0.1, 0.15) is 15.9 Å². The number of nitrogens with zero attached hydrogens (tertiary/aromatic N) is 2. The molecule has 0 amide bonds. The molecule has 1 aromatic carbocycles. The van der Waals surface area contributed by atoms with Gasteiger partial charge < -0.3 is 0 Å². The Morgan fingerprint density at radius 1 is 1.25 bits per heavy atom. The van der Waals surface area contributed by atoms with Crippen LogP contribution in [0.3, 0.4) is 0 Å². The number of hydrogen-bond donors (Lipinski definition) is 0. The van der Waals surface area contributed by atoms with E-state index in [0.29, 0.717) is 5.56 Å². The first kappa shape index (κ1) is 10.9. The molecule has 0 aliphatic rings. The summed E-state index contributed by atoms with van der Waals surface area (Å²) in [5.41, 5.74) is 0.587. The summed E-state index contributed by atoms with van der Waals surface area (Å²) in [6.45, 7) is 0. The van der Waals surface area contributed by atoms with Crippen LogP contribution in [-0.4, -0.2) is 15.8 Å². The van der Waals surface area contributed by atoms with Crippen molar-refractivity contribution in [2.24, 2.45) is 0 Å². The third-order valence-electron chi connectivity index (χ3n) is 2.02. The van der Waals surface area contributed by atoms with E-state index in [1.165, 1.54) is 30.9 Å². The summed E-state index contributed by atoms with van der Waals surface area (Å²) in [5, 5.41) is 0. The summed E-state index contributed by atoms with van der Waals surface area (Å²) < 4.78 is 13.4. The SMILES string of the molecule is O=C(c1cncnc1)c1cccc(F)c1Br. The molecule has 0 spiro atoms. The summed E-state index contributed by atoms with van der Waals surface area (Å²) in [6.07, 6.45) is 4.12. The van der Waals surface area contributed by atoms with E-state index >= 15 is 0 Å². The van der Waals surface area contributed by atoms with E-state index in [0.717, 1.165) is 0 Å². The Bertz CT molecular complexity index is 531. The topological polar surface area (TPSA) is 42.9 Å². The highest BCUT2D eigenvalue weighted by Crippen LogP contribution is 2.22. The van der Waals surface area contributed by atoms with Crippen molar-refractivity contribution in [2.45, 2.75) is 0 Å². The largest absolute Gasteiger partial charge is 0.288 e. The molecule has 5 heteroatoms. The van der Waals surface area contributed by atoms with Gasteiger partial charge in [0, 0.05) is 18.0 Å². The molecule has 0 atom stereocenters. The quantitative estimate of drug-likeness (QED) is 0.795. The molecular formula is C11H6BrFN2O. The normalized spacial score (nSPS) is 10.1. The van der Waals surface area contributed by atoms with Crippen LogP contribution in [0.2, 0.25) is 0 Å². The maximum absolute atomic E-state index is 13.2. The maximum atomic E-state index is 13.2. The highest BCUT2D eigenvalue weighted by Gasteiger charge is 2.15. The van der Waals surface area contributed by atoms with Crippen molar-refractivity contribution in [1.29, 1.82) is 0 Å². The van der Waals surface area contributed by atoms with Gasteiger partial charge in [-0.2, -0.15) is 0 Å². The lowest BCUT2D eigenvalue weighted by Crippen LogP contribution is -2.04. The zero-order valence-electron chi connectivity index (χ0n) is 8.02. The van der Waals surface area contributed by atoms with Crippen LogP contribution in [0.25, 0.3) is 0 Å². The molecule has 0 aliphatic carbocycles. The van der Waals surface area contributed by atoms with Gasteiger partial charge >= 0.3 is 0 Å². The van der Waals surface area contributed by atoms with Gasteiger partial charge in [-0.15, -0.1) is 0 Å². The molecule has 0 N–H and O–H groups in total. The van der Waals surface area contributed by atoms with Gasteiger partial charge in [-0.05, 0) is 28.1 Å². The molecule has 0 saturated carbocycles. The van der Waals surface area contributed by atoms with Gasteiger partial charge in [-0.25, -0.2) is 14.4 Å². The van der Waals surface area contributed by atoms with Gasteiger partial charge in [0.15, 0.2) is 5.78 Å². The van der Waals surface area contributed by atoms with Crippen LogP contribution < -0.4 is 0 Å². The molecule has 0 bridgehead atoms. The molecule has 2 aromatic rings.